The van der Waals surface area contributed by atoms with E-state index in [4.69, 9.17) is 14.2 Å². The van der Waals surface area contributed by atoms with Gasteiger partial charge in [0, 0.05) is 19.7 Å². The molecule has 6 nitrogen and oxygen atoms in total. The minimum absolute atomic E-state index is 0.0259. The molecular weight excluding hydrogens is 272 g/mol. The summed E-state index contributed by atoms with van der Waals surface area (Å²) in [4.78, 5) is 11.6. The van der Waals surface area contributed by atoms with Gasteiger partial charge in [0.15, 0.2) is 11.5 Å². The fraction of sp³-hybridized carbons (Fsp3) is 0.533. The number of nitrogens with one attached hydrogen (secondary N) is 2. The molecule has 1 atom stereocenters. The Morgan fingerprint density at radius 2 is 1.90 bits per heavy atom. The van der Waals surface area contributed by atoms with Crippen molar-refractivity contribution in [3.8, 4) is 11.5 Å². The number of amides is 1. The Balaban J connectivity index is 2.51. The highest BCUT2D eigenvalue weighted by Crippen LogP contribution is 2.29. The zero-order valence-electron chi connectivity index (χ0n) is 13.1. The van der Waals surface area contributed by atoms with E-state index in [9.17, 15) is 4.79 Å². The summed E-state index contributed by atoms with van der Waals surface area (Å²) in [5.41, 5.74) is 1.03. The molecule has 1 unspecified atom stereocenters. The van der Waals surface area contributed by atoms with Crippen LogP contribution in [0.5, 0.6) is 11.5 Å². The maximum absolute atomic E-state index is 11.6. The Kier molecular flexibility index (Phi) is 7.56. The van der Waals surface area contributed by atoms with Gasteiger partial charge in [-0.1, -0.05) is 6.07 Å². The first-order chi connectivity index (χ1) is 10.1. The molecule has 6 heteroatoms. The van der Waals surface area contributed by atoms with Crippen molar-refractivity contribution in [2.24, 2.45) is 0 Å². The van der Waals surface area contributed by atoms with Gasteiger partial charge >= 0.3 is 0 Å². The summed E-state index contributed by atoms with van der Waals surface area (Å²) in [7, 11) is 4.80. The zero-order valence-corrected chi connectivity index (χ0v) is 13.1. The lowest BCUT2D eigenvalue weighted by atomic mass is 10.1. The van der Waals surface area contributed by atoms with E-state index in [-0.39, 0.29) is 18.5 Å². The number of carbonyl (C=O) groups excluding carboxylic acids is 1. The molecule has 0 saturated carbocycles. The lowest BCUT2D eigenvalue weighted by Gasteiger charge is -2.16. The van der Waals surface area contributed by atoms with Crippen molar-refractivity contribution < 1.29 is 19.0 Å². The second-order valence-electron chi connectivity index (χ2n) is 4.56. The first-order valence-corrected chi connectivity index (χ1v) is 6.83. The standard InChI is InChI=1S/C15H24N2O4/c1-11(17-10-15(18)16-7-8-19-2)12-5-6-13(20-3)14(9-12)21-4/h5-6,9,11,17H,7-8,10H2,1-4H3,(H,16,18). The Hall–Kier alpha value is -1.79. The maximum Gasteiger partial charge on any atom is 0.234 e. The first-order valence-electron chi connectivity index (χ1n) is 6.83. The summed E-state index contributed by atoms with van der Waals surface area (Å²) in [5.74, 6) is 1.30. The van der Waals surface area contributed by atoms with Gasteiger partial charge in [0.1, 0.15) is 0 Å². The van der Waals surface area contributed by atoms with Gasteiger partial charge in [-0.3, -0.25) is 4.79 Å². The summed E-state index contributed by atoms with van der Waals surface area (Å²) >= 11 is 0. The van der Waals surface area contributed by atoms with E-state index >= 15 is 0 Å². The fourth-order valence-electron chi connectivity index (χ4n) is 1.84. The molecule has 0 saturated heterocycles. The Morgan fingerprint density at radius 3 is 2.52 bits per heavy atom. The van der Waals surface area contributed by atoms with Gasteiger partial charge in [-0.2, -0.15) is 0 Å². The Bertz CT molecular complexity index is 451. The third-order valence-corrected chi connectivity index (χ3v) is 3.10. The molecule has 2 N–H and O–H groups in total. The van der Waals surface area contributed by atoms with Gasteiger partial charge < -0.3 is 24.8 Å². The molecule has 0 fully saturated rings. The van der Waals surface area contributed by atoms with Crippen LogP contribution in [0.2, 0.25) is 0 Å². The molecule has 1 aromatic rings. The van der Waals surface area contributed by atoms with E-state index in [1.807, 2.05) is 25.1 Å². The molecule has 0 aliphatic rings. The lowest BCUT2D eigenvalue weighted by Crippen LogP contribution is -2.36. The third kappa shape index (κ3) is 5.61. The van der Waals surface area contributed by atoms with Crippen molar-refractivity contribution >= 4 is 5.91 Å². The molecule has 1 rings (SSSR count). The average molecular weight is 296 g/mol. The summed E-state index contributed by atoms with van der Waals surface area (Å²) < 4.78 is 15.3. The van der Waals surface area contributed by atoms with E-state index in [0.29, 0.717) is 24.7 Å². The number of hydrogen-bond donors (Lipinski definition) is 2. The highest BCUT2D eigenvalue weighted by atomic mass is 16.5. The number of hydrogen-bond acceptors (Lipinski definition) is 5. The SMILES string of the molecule is COCCNC(=O)CNC(C)c1ccc(OC)c(OC)c1. The summed E-state index contributed by atoms with van der Waals surface area (Å²) in [6.07, 6.45) is 0. The van der Waals surface area contributed by atoms with Crippen LogP contribution in [0.1, 0.15) is 18.5 Å². The zero-order chi connectivity index (χ0) is 15.7. The average Bonchev–Trinajstić information content (AvgIpc) is 2.52. The van der Waals surface area contributed by atoms with Crippen molar-refractivity contribution in [1.29, 1.82) is 0 Å². The van der Waals surface area contributed by atoms with Crippen LogP contribution < -0.4 is 20.1 Å². The number of methoxy groups -OCH3 is 3. The van der Waals surface area contributed by atoms with E-state index in [1.165, 1.54) is 0 Å². The van der Waals surface area contributed by atoms with E-state index in [2.05, 4.69) is 10.6 Å². The van der Waals surface area contributed by atoms with Crippen molar-refractivity contribution in [3.63, 3.8) is 0 Å². The second-order valence-corrected chi connectivity index (χ2v) is 4.56. The molecule has 0 aliphatic heterocycles. The Morgan fingerprint density at radius 1 is 1.19 bits per heavy atom. The van der Waals surface area contributed by atoms with Crippen LogP contribution in [0.25, 0.3) is 0 Å². The topological polar surface area (TPSA) is 68.8 Å². The van der Waals surface area contributed by atoms with Crippen molar-refractivity contribution in [2.75, 3.05) is 41.0 Å². The molecule has 0 aliphatic carbocycles. The van der Waals surface area contributed by atoms with E-state index < -0.39 is 0 Å². The minimum atomic E-state index is -0.0561. The van der Waals surface area contributed by atoms with Crippen LogP contribution in [-0.2, 0) is 9.53 Å². The second kappa shape index (κ2) is 9.20. The number of benzene rings is 1. The van der Waals surface area contributed by atoms with Gasteiger partial charge in [-0.05, 0) is 24.6 Å². The third-order valence-electron chi connectivity index (χ3n) is 3.10. The maximum atomic E-state index is 11.6. The first kappa shape index (κ1) is 17.3. The molecule has 0 heterocycles. The van der Waals surface area contributed by atoms with Crippen molar-refractivity contribution in [1.82, 2.24) is 10.6 Å². The van der Waals surface area contributed by atoms with Crippen LogP contribution >= 0.6 is 0 Å². The predicted octanol–water partition coefficient (Wildman–Crippen LogP) is 1.12. The molecule has 118 valence electrons. The largest absolute Gasteiger partial charge is 0.493 e. The smallest absolute Gasteiger partial charge is 0.234 e. The van der Waals surface area contributed by atoms with E-state index in [0.717, 1.165) is 5.56 Å². The minimum Gasteiger partial charge on any atom is -0.493 e. The van der Waals surface area contributed by atoms with Crippen LogP contribution in [0.15, 0.2) is 18.2 Å². The molecular formula is C15H24N2O4. The molecule has 21 heavy (non-hydrogen) atoms. The quantitative estimate of drug-likeness (QED) is 0.668. The van der Waals surface area contributed by atoms with Gasteiger partial charge in [-0.15, -0.1) is 0 Å². The molecule has 0 radical (unpaired) electrons. The Labute approximate surface area is 125 Å². The van der Waals surface area contributed by atoms with Crippen LogP contribution in [0, 0.1) is 0 Å². The normalized spacial score (nSPS) is 11.8. The van der Waals surface area contributed by atoms with Gasteiger partial charge in [-0.25, -0.2) is 0 Å². The number of ether oxygens (including phenoxy) is 3. The molecule has 0 spiro atoms. The summed E-state index contributed by atoms with van der Waals surface area (Å²) in [6, 6.07) is 5.73. The summed E-state index contributed by atoms with van der Waals surface area (Å²) in [5, 5.41) is 5.93. The molecule has 0 bridgehead atoms. The van der Waals surface area contributed by atoms with Gasteiger partial charge in [0.05, 0.1) is 27.4 Å². The lowest BCUT2D eigenvalue weighted by molar-refractivity contribution is -0.120. The van der Waals surface area contributed by atoms with Gasteiger partial charge in [0.2, 0.25) is 5.91 Å². The highest BCUT2D eigenvalue weighted by molar-refractivity contribution is 5.78. The summed E-state index contributed by atoms with van der Waals surface area (Å²) in [6.45, 7) is 3.27. The van der Waals surface area contributed by atoms with Crippen molar-refractivity contribution in [2.45, 2.75) is 13.0 Å². The predicted molar refractivity (Wildman–Crippen MR) is 80.8 cm³/mol. The molecule has 1 amide bonds. The van der Waals surface area contributed by atoms with Crippen molar-refractivity contribution in [3.05, 3.63) is 23.8 Å². The monoisotopic (exact) mass is 296 g/mol. The molecule has 1 aromatic carbocycles. The molecule has 0 aromatic heterocycles. The fourth-order valence-corrected chi connectivity index (χ4v) is 1.84. The van der Waals surface area contributed by atoms with Crippen LogP contribution in [0.4, 0.5) is 0 Å². The van der Waals surface area contributed by atoms with E-state index in [1.54, 1.807) is 21.3 Å². The number of rotatable bonds is 9. The van der Waals surface area contributed by atoms with Crippen LogP contribution in [-0.4, -0.2) is 46.9 Å². The van der Waals surface area contributed by atoms with Gasteiger partial charge in [0.25, 0.3) is 0 Å². The van der Waals surface area contributed by atoms with Crippen LogP contribution in [0.3, 0.4) is 0 Å². The highest BCUT2D eigenvalue weighted by Gasteiger charge is 2.11. The number of carbonyl (C=O) groups is 1.